The molecule has 0 fully saturated rings. The Morgan fingerprint density at radius 2 is 2.17 bits per heavy atom. The van der Waals surface area contributed by atoms with Crippen LogP contribution in [0.4, 0.5) is 5.69 Å². The number of para-hydroxylation sites is 1. The number of nitrogen functional groups attached to an aromatic ring is 1. The maximum absolute atomic E-state index is 12.1. The van der Waals surface area contributed by atoms with Crippen molar-refractivity contribution in [2.45, 2.75) is 32.1 Å². The van der Waals surface area contributed by atoms with Crippen molar-refractivity contribution in [2.75, 3.05) is 12.3 Å². The number of benzene rings is 1. The Labute approximate surface area is 107 Å². The van der Waals surface area contributed by atoms with Crippen LogP contribution in [0.5, 0.6) is 0 Å². The van der Waals surface area contributed by atoms with Gasteiger partial charge in [-0.25, -0.2) is 0 Å². The highest BCUT2D eigenvalue weighted by Crippen LogP contribution is 2.34. The fourth-order valence-corrected chi connectivity index (χ4v) is 1.94. The molecule has 0 aliphatic carbocycles. The Balaban J connectivity index is 3.16. The van der Waals surface area contributed by atoms with E-state index >= 15 is 0 Å². The Bertz CT molecular complexity index is 465. The van der Waals surface area contributed by atoms with E-state index in [1.165, 1.54) is 0 Å². The number of hydrogen-bond donors (Lipinski definition) is 1. The van der Waals surface area contributed by atoms with Crippen LogP contribution in [0.2, 0.25) is 0 Å². The van der Waals surface area contributed by atoms with Gasteiger partial charge in [-0.3, -0.25) is 4.79 Å². The van der Waals surface area contributed by atoms with E-state index in [1.807, 2.05) is 18.2 Å². The molecule has 0 radical (unpaired) electrons. The van der Waals surface area contributed by atoms with E-state index in [9.17, 15) is 4.79 Å². The standard InChI is InChI=1S/C14H18N2O2/c1-3-18-13(17)14(2,9-6-10-15)11-7-4-5-8-12(11)16/h4-5,7-8H,3,6,9,16H2,1-2H3. The molecule has 2 N–H and O–H groups in total. The summed E-state index contributed by atoms with van der Waals surface area (Å²) in [6.45, 7) is 3.85. The molecule has 0 amide bonds. The summed E-state index contributed by atoms with van der Waals surface area (Å²) in [4.78, 5) is 12.1. The summed E-state index contributed by atoms with van der Waals surface area (Å²) in [7, 11) is 0. The Morgan fingerprint density at radius 1 is 1.50 bits per heavy atom. The van der Waals surface area contributed by atoms with Crippen molar-refractivity contribution in [1.82, 2.24) is 0 Å². The van der Waals surface area contributed by atoms with Crippen molar-refractivity contribution >= 4 is 11.7 Å². The lowest BCUT2D eigenvalue weighted by molar-refractivity contribution is -0.149. The minimum Gasteiger partial charge on any atom is -0.465 e. The summed E-state index contributed by atoms with van der Waals surface area (Å²) in [5.74, 6) is -0.335. The van der Waals surface area contributed by atoms with E-state index in [4.69, 9.17) is 15.7 Å². The van der Waals surface area contributed by atoms with Crippen LogP contribution < -0.4 is 5.73 Å². The monoisotopic (exact) mass is 246 g/mol. The summed E-state index contributed by atoms with van der Waals surface area (Å²) in [6, 6.07) is 9.26. The normalized spacial score (nSPS) is 13.4. The first kappa shape index (κ1) is 14.0. The highest BCUT2D eigenvalue weighted by Gasteiger charge is 2.37. The minimum atomic E-state index is -0.864. The first-order valence-electron chi connectivity index (χ1n) is 5.95. The van der Waals surface area contributed by atoms with E-state index in [0.29, 0.717) is 18.7 Å². The number of nitrogens with zero attached hydrogens (tertiary/aromatic N) is 1. The molecular formula is C14H18N2O2. The van der Waals surface area contributed by atoms with Crippen LogP contribution in [0.25, 0.3) is 0 Å². The molecule has 0 aromatic heterocycles. The highest BCUT2D eigenvalue weighted by molar-refractivity contribution is 5.84. The number of ether oxygens (including phenoxy) is 1. The Hall–Kier alpha value is -2.02. The highest BCUT2D eigenvalue weighted by atomic mass is 16.5. The molecule has 0 aliphatic heterocycles. The molecule has 1 rings (SSSR count). The third-order valence-electron chi connectivity index (χ3n) is 3.02. The first-order valence-corrected chi connectivity index (χ1v) is 5.95. The lowest BCUT2D eigenvalue weighted by Gasteiger charge is -2.28. The van der Waals surface area contributed by atoms with Crippen LogP contribution in [0.1, 0.15) is 32.3 Å². The van der Waals surface area contributed by atoms with Gasteiger partial charge in [-0.2, -0.15) is 5.26 Å². The van der Waals surface area contributed by atoms with Crippen LogP contribution in [0.3, 0.4) is 0 Å². The van der Waals surface area contributed by atoms with Crippen LogP contribution >= 0.6 is 0 Å². The molecule has 0 saturated heterocycles. The first-order chi connectivity index (χ1) is 8.56. The fourth-order valence-electron chi connectivity index (χ4n) is 1.94. The van der Waals surface area contributed by atoms with E-state index < -0.39 is 5.41 Å². The molecule has 1 atom stereocenters. The van der Waals surface area contributed by atoms with E-state index in [-0.39, 0.29) is 12.4 Å². The number of rotatable bonds is 5. The largest absolute Gasteiger partial charge is 0.465 e. The molecule has 0 saturated carbocycles. The van der Waals surface area contributed by atoms with Gasteiger partial charge in [-0.15, -0.1) is 0 Å². The minimum absolute atomic E-state index is 0.281. The van der Waals surface area contributed by atoms with Crippen molar-refractivity contribution in [3.63, 3.8) is 0 Å². The fraction of sp³-hybridized carbons (Fsp3) is 0.429. The third-order valence-corrected chi connectivity index (χ3v) is 3.02. The zero-order valence-corrected chi connectivity index (χ0v) is 10.8. The maximum Gasteiger partial charge on any atom is 0.316 e. The molecule has 0 spiro atoms. The molecule has 1 aromatic rings. The Kier molecular flexibility index (Phi) is 4.73. The molecule has 0 heterocycles. The van der Waals surface area contributed by atoms with Gasteiger partial charge < -0.3 is 10.5 Å². The number of hydrogen-bond acceptors (Lipinski definition) is 4. The molecule has 1 unspecified atom stereocenters. The lowest BCUT2D eigenvalue weighted by atomic mass is 9.78. The average molecular weight is 246 g/mol. The smallest absolute Gasteiger partial charge is 0.316 e. The summed E-state index contributed by atoms with van der Waals surface area (Å²) in [5, 5.41) is 8.72. The van der Waals surface area contributed by atoms with Crippen molar-refractivity contribution in [3.05, 3.63) is 29.8 Å². The summed E-state index contributed by atoms with van der Waals surface area (Å²) >= 11 is 0. The number of carbonyl (C=O) groups excluding carboxylic acids is 1. The van der Waals surface area contributed by atoms with Gasteiger partial charge in [-0.1, -0.05) is 18.2 Å². The predicted octanol–water partition coefficient (Wildman–Crippen LogP) is 2.39. The van der Waals surface area contributed by atoms with Crippen LogP contribution in [0.15, 0.2) is 24.3 Å². The molecular weight excluding hydrogens is 228 g/mol. The van der Waals surface area contributed by atoms with Crippen LogP contribution in [0, 0.1) is 11.3 Å². The predicted molar refractivity (Wildman–Crippen MR) is 69.7 cm³/mol. The van der Waals surface area contributed by atoms with Gasteiger partial charge >= 0.3 is 5.97 Å². The third kappa shape index (κ3) is 2.80. The number of nitriles is 1. The van der Waals surface area contributed by atoms with E-state index in [2.05, 4.69) is 6.07 Å². The molecule has 0 bridgehead atoms. The van der Waals surface area contributed by atoms with Gasteiger partial charge in [0.1, 0.15) is 0 Å². The zero-order valence-electron chi connectivity index (χ0n) is 10.8. The second-order valence-electron chi connectivity index (χ2n) is 4.30. The molecule has 4 heteroatoms. The maximum atomic E-state index is 12.1. The number of carbonyl (C=O) groups is 1. The van der Waals surface area contributed by atoms with Crippen molar-refractivity contribution in [1.29, 1.82) is 5.26 Å². The van der Waals surface area contributed by atoms with Gasteiger partial charge in [0.05, 0.1) is 18.1 Å². The molecule has 1 aromatic carbocycles. The Morgan fingerprint density at radius 3 is 2.72 bits per heavy atom. The molecule has 96 valence electrons. The van der Waals surface area contributed by atoms with E-state index in [1.54, 1.807) is 19.9 Å². The molecule has 0 aliphatic rings. The number of nitrogens with two attached hydrogens (primary N) is 1. The summed E-state index contributed by atoms with van der Waals surface area (Å²) < 4.78 is 5.11. The van der Waals surface area contributed by atoms with Gasteiger partial charge in [0.2, 0.25) is 0 Å². The van der Waals surface area contributed by atoms with Crippen molar-refractivity contribution in [3.8, 4) is 6.07 Å². The number of esters is 1. The second kappa shape index (κ2) is 6.06. The molecule has 4 nitrogen and oxygen atoms in total. The number of anilines is 1. The second-order valence-corrected chi connectivity index (χ2v) is 4.30. The van der Waals surface area contributed by atoms with Crippen molar-refractivity contribution in [2.24, 2.45) is 0 Å². The molecule has 18 heavy (non-hydrogen) atoms. The van der Waals surface area contributed by atoms with Gasteiger partial charge in [0.25, 0.3) is 0 Å². The van der Waals surface area contributed by atoms with E-state index in [0.717, 1.165) is 5.56 Å². The van der Waals surface area contributed by atoms with Gasteiger partial charge in [-0.05, 0) is 31.9 Å². The summed E-state index contributed by atoms with van der Waals surface area (Å²) in [6.07, 6.45) is 0.681. The van der Waals surface area contributed by atoms with Crippen molar-refractivity contribution < 1.29 is 9.53 Å². The van der Waals surface area contributed by atoms with Gasteiger partial charge in [0, 0.05) is 12.1 Å². The van der Waals surface area contributed by atoms with Crippen LogP contribution in [-0.2, 0) is 14.9 Å². The quantitative estimate of drug-likeness (QED) is 0.639. The zero-order chi connectivity index (χ0) is 13.6. The lowest BCUT2D eigenvalue weighted by Crippen LogP contribution is -2.35. The van der Waals surface area contributed by atoms with Gasteiger partial charge in [0.15, 0.2) is 0 Å². The topological polar surface area (TPSA) is 76.1 Å². The average Bonchev–Trinajstić information content (AvgIpc) is 2.36. The SMILES string of the molecule is CCOC(=O)C(C)(CCC#N)c1ccccc1N. The van der Waals surface area contributed by atoms with Crippen LogP contribution in [-0.4, -0.2) is 12.6 Å². The summed E-state index contributed by atoms with van der Waals surface area (Å²) in [5.41, 5.74) is 6.33.